The van der Waals surface area contributed by atoms with Crippen LogP contribution in [0.4, 0.5) is 0 Å². The average Bonchev–Trinajstić information content (AvgIpc) is 1.88. The molecule has 1 saturated heterocycles. The lowest BCUT2D eigenvalue weighted by Gasteiger charge is -2.32. The van der Waals surface area contributed by atoms with E-state index in [9.17, 15) is 4.79 Å². The molecule has 3 heteroatoms. The minimum atomic E-state index is -0.0220. The van der Waals surface area contributed by atoms with Crippen molar-refractivity contribution in [2.24, 2.45) is 0 Å². The summed E-state index contributed by atoms with van der Waals surface area (Å²) in [5, 5.41) is 0. The molecule has 0 N–H and O–H groups in total. The van der Waals surface area contributed by atoms with Crippen LogP contribution in [0.2, 0.25) is 0 Å². The summed E-state index contributed by atoms with van der Waals surface area (Å²) in [4.78, 5) is 12.6. The van der Waals surface area contributed by atoms with Crippen LogP contribution in [0.1, 0.15) is 20.3 Å². The van der Waals surface area contributed by atoms with Gasteiger partial charge in [-0.1, -0.05) is 0 Å². The first-order valence-electron chi connectivity index (χ1n) is 3.60. The molecule has 1 amide bonds. The summed E-state index contributed by atoms with van der Waals surface area (Å²) in [6.07, 6.45) is 0.940. The van der Waals surface area contributed by atoms with E-state index >= 15 is 0 Å². The zero-order valence-electron chi connectivity index (χ0n) is 6.46. The van der Waals surface area contributed by atoms with Gasteiger partial charge in [0.05, 0.1) is 6.61 Å². The van der Waals surface area contributed by atoms with Crippen molar-refractivity contribution >= 4 is 5.91 Å². The fourth-order valence-corrected chi connectivity index (χ4v) is 1.17. The number of amides is 1. The SMILES string of the molecule is CC(=O)N1CCCOC1C. The summed E-state index contributed by atoms with van der Waals surface area (Å²) in [6, 6.07) is 0. The molecule has 0 radical (unpaired) electrons. The molecule has 10 heavy (non-hydrogen) atoms. The molecule has 1 fully saturated rings. The summed E-state index contributed by atoms with van der Waals surface area (Å²) in [5.74, 6) is 0.104. The second-order valence-electron chi connectivity index (χ2n) is 2.54. The Kier molecular flexibility index (Phi) is 2.27. The quantitative estimate of drug-likeness (QED) is 0.497. The van der Waals surface area contributed by atoms with Gasteiger partial charge in [-0.05, 0) is 13.3 Å². The normalized spacial score (nSPS) is 26.6. The van der Waals surface area contributed by atoms with Gasteiger partial charge in [0, 0.05) is 13.5 Å². The fourth-order valence-electron chi connectivity index (χ4n) is 1.17. The minimum Gasteiger partial charge on any atom is -0.359 e. The van der Waals surface area contributed by atoms with Crippen molar-refractivity contribution in [3.05, 3.63) is 0 Å². The Balaban J connectivity index is 2.47. The van der Waals surface area contributed by atoms with Gasteiger partial charge in [-0.2, -0.15) is 0 Å². The summed E-state index contributed by atoms with van der Waals surface area (Å²) in [5.41, 5.74) is 0. The molecule has 1 heterocycles. The Hall–Kier alpha value is -0.570. The lowest BCUT2D eigenvalue weighted by atomic mass is 10.3. The van der Waals surface area contributed by atoms with Crippen LogP contribution in [0.25, 0.3) is 0 Å². The molecule has 0 aliphatic carbocycles. The van der Waals surface area contributed by atoms with E-state index < -0.39 is 0 Å². The molecule has 1 aliphatic rings. The van der Waals surface area contributed by atoms with Crippen LogP contribution in [0, 0.1) is 0 Å². The molecule has 0 aromatic rings. The number of hydrogen-bond acceptors (Lipinski definition) is 2. The molecular formula is C7H13NO2. The summed E-state index contributed by atoms with van der Waals surface area (Å²) >= 11 is 0. The number of rotatable bonds is 0. The van der Waals surface area contributed by atoms with Crippen molar-refractivity contribution in [1.82, 2.24) is 4.90 Å². The first-order valence-corrected chi connectivity index (χ1v) is 3.60. The lowest BCUT2D eigenvalue weighted by Crippen LogP contribution is -2.43. The van der Waals surface area contributed by atoms with Gasteiger partial charge in [-0.3, -0.25) is 4.79 Å². The van der Waals surface area contributed by atoms with Gasteiger partial charge < -0.3 is 9.64 Å². The van der Waals surface area contributed by atoms with Crippen LogP contribution >= 0.6 is 0 Å². The van der Waals surface area contributed by atoms with E-state index in [0.29, 0.717) is 0 Å². The van der Waals surface area contributed by atoms with Crippen molar-refractivity contribution < 1.29 is 9.53 Å². The van der Waals surface area contributed by atoms with Crippen molar-refractivity contribution in [3.63, 3.8) is 0 Å². The third-order valence-corrected chi connectivity index (χ3v) is 1.75. The van der Waals surface area contributed by atoms with Crippen LogP contribution < -0.4 is 0 Å². The predicted molar refractivity (Wildman–Crippen MR) is 37.4 cm³/mol. The molecule has 1 atom stereocenters. The predicted octanol–water partition coefficient (Wildman–Crippen LogP) is 0.601. The maximum Gasteiger partial charge on any atom is 0.221 e. The van der Waals surface area contributed by atoms with E-state index in [1.54, 1.807) is 11.8 Å². The molecule has 1 unspecified atom stereocenters. The fraction of sp³-hybridized carbons (Fsp3) is 0.857. The number of carbonyl (C=O) groups is 1. The molecule has 0 saturated carbocycles. The zero-order chi connectivity index (χ0) is 7.56. The summed E-state index contributed by atoms with van der Waals surface area (Å²) < 4.78 is 5.26. The van der Waals surface area contributed by atoms with Gasteiger partial charge in [0.25, 0.3) is 0 Å². The van der Waals surface area contributed by atoms with E-state index in [2.05, 4.69) is 0 Å². The Morgan fingerprint density at radius 1 is 1.70 bits per heavy atom. The van der Waals surface area contributed by atoms with Crippen molar-refractivity contribution in [2.75, 3.05) is 13.2 Å². The number of ether oxygens (including phenoxy) is 1. The highest BCUT2D eigenvalue weighted by atomic mass is 16.5. The smallest absolute Gasteiger partial charge is 0.221 e. The highest BCUT2D eigenvalue weighted by molar-refractivity contribution is 5.73. The van der Waals surface area contributed by atoms with Crippen molar-refractivity contribution in [2.45, 2.75) is 26.5 Å². The first kappa shape index (κ1) is 7.54. The standard InChI is InChI=1S/C7H13NO2/c1-6(9)8-4-3-5-10-7(8)2/h7H,3-5H2,1-2H3. The third kappa shape index (κ3) is 1.48. The van der Waals surface area contributed by atoms with E-state index in [0.717, 1.165) is 19.6 Å². The van der Waals surface area contributed by atoms with Crippen molar-refractivity contribution in [1.29, 1.82) is 0 Å². The molecule has 0 bridgehead atoms. The molecule has 0 aromatic heterocycles. The van der Waals surface area contributed by atoms with Crippen LogP contribution in [0.5, 0.6) is 0 Å². The van der Waals surface area contributed by atoms with Crippen LogP contribution in [0.3, 0.4) is 0 Å². The van der Waals surface area contributed by atoms with Crippen LogP contribution in [0.15, 0.2) is 0 Å². The second-order valence-corrected chi connectivity index (χ2v) is 2.54. The first-order chi connectivity index (χ1) is 4.72. The Morgan fingerprint density at radius 3 is 2.80 bits per heavy atom. The maximum absolute atomic E-state index is 10.9. The Morgan fingerprint density at radius 2 is 2.40 bits per heavy atom. The highest BCUT2D eigenvalue weighted by Crippen LogP contribution is 2.08. The summed E-state index contributed by atoms with van der Waals surface area (Å²) in [7, 11) is 0. The van der Waals surface area contributed by atoms with Crippen molar-refractivity contribution in [3.8, 4) is 0 Å². The summed E-state index contributed by atoms with van der Waals surface area (Å²) in [6.45, 7) is 5.10. The average molecular weight is 143 g/mol. The van der Waals surface area contributed by atoms with E-state index in [-0.39, 0.29) is 12.1 Å². The van der Waals surface area contributed by atoms with Gasteiger partial charge in [0.15, 0.2) is 0 Å². The van der Waals surface area contributed by atoms with Gasteiger partial charge in [-0.25, -0.2) is 0 Å². The zero-order valence-corrected chi connectivity index (χ0v) is 6.46. The van der Waals surface area contributed by atoms with Gasteiger partial charge in [0.1, 0.15) is 6.23 Å². The van der Waals surface area contributed by atoms with E-state index in [4.69, 9.17) is 4.74 Å². The van der Waals surface area contributed by atoms with Gasteiger partial charge >= 0.3 is 0 Å². The highest BCUT2D eigenvalue weighted by Gasteiger charge is 2.19. The second kappa shape index (κ2) is 3.01. The Bertz CT molecular complexity index is 136. The van der Waals surface area contributed by atoms with Gasteiger partial charge in [0.2, 0.25) is 5.91 Å². The monoisotopic (exact) mass is 143 g/mol. The molecule has 58 valence electrons. The van der Waals surface area contributed by atoms with Crippen LogP contribution in [-0.2, 0) is 9.53 Å². The lowest BCUT2D eigenvalue weighted by molar-refractivity contribution is -0.149. The molecule has 0 spiro atoms. The number of hydrogen-bond donors (Lipinski definition) is 0. The molecule has 0 aromatic carbocycles. The van der Waals surface area contributed by atoms with Gasteiger partial charge in [-0.15, -0.1) is 0 Å². The number of carbonyl (C=O) groups excluding carboxylic acids is 1. The number of nitrogens with zero attached hydrogens (tertiary/aromatic N) is 1. The van der Waals surface area contributed by atoms with E-state index in [1.807, 2.05) is 6.92 Å². The third-order valence-electron chi connectivity index (χ3n) is 1.75. The minimum absolute atomic E-state index is 0.0220. The van der Waals surface area contributed by atoms with Crippen LogP contribution in [-0.4, -0.2) is 30.2 Å². The molecule has 1 aliphatic heterocycles. The molecule has 3 nitrogen and oxygen atoms in total. The Labute approximate surface area is 61.0 Å². The maximum atomic E-state index is 10.9. The topological polar surface area (TPSA) is 29.5 Å². The molecular weight excluding hydrogens is 130 g/mol. The largest absolute Gasteiger partial charge is 0.359 e. The molecule has 1 rings (SSSR count). The van der Waals surface area contributed by atoms with E-state index in [1.165, 1.54) is 0 Å².